The summed E-state index contributed by atoms with van der Waals surface area (Å²) < 4.78 is 5.43. The van der Waals surface area contributed by atoms with E-state index in [2.05, 4.69) is 55.4 Å². The molecule has 1 rings (SSSR count). The molecule has 120 valence electrons. The van der Waals surface area contributed by atoms with E-state index in [9.17, 15) is 0 Å². The van der Waals surface area contributed by atoms with Crippen molar-refractivity contribution in [3.8, 4) is 0 Å². The van der Waals surface area contributed by atoms with Gasteiger partial charge in [0.1, 0.15) is 0 Å². The Morgan fingerprint density at radius 2 is 1.86 bits per heavy atom. The van der Waals surface area contributed by atoms with Gasteiger partial charge in [-0.05, 0) is 38.1 Å². The Labute approximate surface area is 130 Å². The maximum absolute atomic E-state index is 5.43. The third-order valence-corrected chi connectivity index (χ3v) is 3.69. The van der Waals surface area contributed by atoms with E-state index in [0.717, 1.165) is 32.8 Å². The number of nitrogens with one attached hydrogen (secondary N) is 1. The maximum Gasteiger partial charge on any atom is 0.0593 e. The third-order valence-electron chi connectivity index (χ3n) is 3.69. The summed E-state index contributed by atoms with van der Waals surface area (Å²) in [6.07, 6.45) is 2.37. The summed E-state index contributed by atoms with van der Waals surface area (Å²) in [6, 6.07) is 9.47. The van der Waals surface area contributed by atoms with E-state index in [4.69, 9.17) is 4.74 Å². The fraction of sp³-hybridized carbons (Fsp3) is 0.667. The van der Waals surface area contributed by atoms with Crippen LogP contribution in [-0.2, 0) is 11.2 Å². The summed E-state index contributed by atoms with van der Waals surface area (Å²) in [5.41, 5.74) is 2.81. The fourth-order valence-corrected chi connectivity index (χ4v) is 2.51. The first-order valence-corrected chi connectivity index (χ1v) is 8.29. The van der Waals surface area contributed by atoms with Gasteiger partial charge in [-0.3, -0.25) is 0 Å². The molecule has 1 atom stereocenters. The van der Waals surface area contributed by atoms with Gasteiger partial charge in [0.2, 0.25) is 0 Å². The highest BCUT2D eigenvalue weighted by Crippen LogP contribution is 2.16. The molecule has 3 heteroatoms. The molecule has 21 heavy (non-hydrogen) atoms. The molecule has 0 aliphatic heterocycles. The Morgan fingerprint density at radius 1 is 1.14 bits per heavy atom. The number of hydrogen-bond donors (Lipinski definition) is 1. The molecule has 0 saturated carbocycles. The molecule has 0 saturated heterocycles. The normalized spacial score (nSPS) is 12.8. The molecule has 1 unspecified atom stereocenters. The van der Waals surface area contributed by atoms with Crippen LogP contribution in [0.25, 0.3) is 0 Å². The van der Waals surface area contributed by atoms with Crippen LogP contribution in [0, 0.1) is 0 Å². The molecule has 0 bridgehead atoms. The van der Waals surface area contributed by atoms with Crippen LogP contribution in [0.15, 0.2) is 24.3 Å². The number of hydrogen-bond acceptors (Lipinski definition) is 3. The molecule has 0 spiro atoms. The Morgan fingerprint density at radius 3 is 2.43 bits per heavy atom. The van der Waals surface area contributed by atoms with Crippen LogP contribution in [0.5, 0.6) is 0 Å². The number of likely N-dealkylation sites (N-methyl/N-ethyl adjacent to an activating group) is 2. The summed E-state index contributed by atoms with van der Waals surface area (Å²) >= 11 is 0. The highest BCUT2D eigenvalue weighted by molar-refractivity contribution is 5.25. The Hall–Kier alpha value is -0.900. The van der Waals surface area contributed by atoms with Gasteiger partial charge >= 0.3 is 0 Å². The van der Waals surface area contributed by atoms with Gasteiger partial charge in [-0.2, -0.15) is 0 Å². The number of ether oxygens (including phenoxy) is 1. The summed E-state index contributed by atoms with van der Waals surface area (Å²) in [6.45, 7) is 11.0. The van der Waals surface area contributed by atoms with Gasteiger partial charge in [0, 0.05) is 25.7 Å². The molecule has 0 fully saturated rings. The van der Waals surface area contributed by atoms with Crippen LogP contribution in [0.3, 0.4) is 0 Å². The van der Waals surface area contributed by atoms with Crippen molar-refractivity contribution in [1.82, 2.24) is 10.2 Å². The van der Waals surface area contributed by atoms with E-state index in [-0.39, 0.29) is 0 Å². The van der Waals surface area contributed by atoms with E-state index >= 15 is 0 Å². The summed E-state index contributed by atoms with van der Waals surface area (Å²) in [5, 5.41) is 3.59. The minimum absolute atomic E-state index is 0.386. The predicted octanol–water partition coefficient (Wildman–Crippen LogP) is 3.26. The Bertz CT molecular complexity index is 364. The van der Waals surface area contributed by atoms with Gasteiger partial charge < -0.3 is 15.0 Å². The smallest absolute Gasteiger partial charge is 0.0593 e. The van der Waals surface area contributed by atoms with Gasteiger partial charge in [0.05, 0.1) is 6.61 Å². The zero-order valence-corrected chi connectivity index (χ0v) is 14.2. The number of benzene rings is 1. The van der Waals surface area contributed by atoms with Crippen molar-refractivity contribution in [2.75, 3.05) is 39.9 Å². The van der Waals surface area contributed by atoms with E-state index < -0.39 is 0 Å². The van der Waals surface area contributed by atoms with Crippen molar-refractivity contribution in [2.45, 2.75) is 39.7 Å². The van der Waals surface area contributed by atoms with Gasteiger partial charge in [-0.15, -0.1) is 0 Å². The molecule has 1 aromatic carbocycles. The van der Waals surface area contributed by atoms with Gasteiger partial charge in [0.25, 0.3) is 0 Å². The molecule has 0 aliphatic carbocycles. The molecule has 0 aliphatic rings. The molecule has 3 nitrogen and oxygen atoms in total. The monoisotopic (exact) mass is 292 g/mol. The first kappa shape index (κ1) is 18.1. The zero-order valence-electron chi connectivity index (χ0n) is 14.2. The summed E-state index contributed by atoms with van der Waals surface area (Å²) in [7, 11) is 2.16. The lowest BCUT2D eigenvalue weighted by atomic mass is 10.0. The molecule has 0 heterocycles. The van der Waals surface area contributed by atoms with Crippen molar-refractivity contribution in [3.05, 3.63) is 35.4 Å². The summed E-state index contributed by atoms with van der Waals surface area (Å²) in [5.74, 6) is 0. The largest absolute Gasteiger partial charge is 0.380 e. The SMILES string of the molecule is CCCc1ccc(C(CN(C)CCOCC)NCC)cc1. The second-order valence-corrected chi connectivity index (χ2v) is 5.56. The molecule has 1 N–H and O–H groups in total. The lowest BCUT2D eigenvalue weighted by Gasteiger charge is -2.25. The van der Waals surface area contributed by atoms with Crippen molar-refractivity contribution < 1.29 is 4.74 Å². The first-order valence-electron chi connectivity index (χ1n) is 8.29. The van der Waals surface area contributed by atoms with E-state index in [0.29, 0.717) is 6.04 Å². The minimum atomic E-state index is 0.386. The number of nitrogens with zero attached hydrogens (tertiary/aromatic N) is 1. The van der Waals surface area contributed by atoms with Crippen LogP contribution in [0.2, 0.25) is 0 Å². The van der Waals surface area contributed by atoms with Crippen molar-refractivity contribution >= 4 is 0 Å². The lowest BCUT2D eigenvalue weighted by molar-refractivity contribution is 0.119. The zero-order chi connectivity index (χ0) is 15.5. The standard InChI is InChI=1S/C18H32N2O/c1-5-8-16-9-11-17(12-10-16)18(19-6-2)15-20(4)13-14-21-7-3/h9-12,18-19H,5-8,13-15H2,1-4H3. The molecular weight excluding hydrogens is 260 g/mol. The topological polar surface area (TPSA) is 24.5 Å². The average molecular weight is 292 g/mol. The van der Waals surface area contributed by atoms with Gasteiger partial charge in [-0.1, -0.05) is 44.5 Å². The van der Waals surface area contributed by atoms with E-state index in [1.807, 2.05) is 6.92 Å². The second-order valence-electron chi connectivity index (χ2n) is 5.56. The Balaban J connectivity index is 2.58. The third kappa shape index (κ3) is 7.07. The lowest BCUT2D eigenvalue weighted by Crippen LogP contribution is -2.34. The first-order chi connectivity index (χ1) is 10.2. The van der Waals surface area contributed by atoms with Crippen molar-refractivity contribution in [2.24, 2.45) is 0 Å². The predicted molar refractivity (Wildman–Crippen MR) is 90.8 cm³/mol. The highest BCUT2D eigenvalue weighted by Gasteiger charge is 2.12. The number of rotatable bonds is 11. The highest BCUT2D eigenvalue weighted by atomic mass is 16.5. The Kier molecular flexibility index (Phi) is 9.31. The molecule has 1 aromatic rings. The summed E-state index contributed by atoms with van der Waals surface area (Å²) in [4.78, 5) is 2.34. The molecular formula is C18H32N2O. The van der Waals surface area contributed by atoms with Gasteiger partial charge in [-0.25, -0.2) is 0 Å². The second kappa shape index (κ2) is 10.8. The minimum Gasteiger partial charge on any atom is -0.380 e. The molecule has 0 radical (unpaired) electrons. The number of aryl methyl sites for hydroxylation is 1. The van der Waals surface area contributed by atoms with Crippen molar-refractivity contribution in [3.63, 3.8) is 0 Å². The van der Waals surface area contributed by atoms with Crippen LogP contribution in [0.1, 0.15) is 44.4 Å². The quantitative estimate of drug-likeness (QED) is 0.634. The molecule has 0 aromatic heterocycles. The van der Waals surface area contributed by atoms with Crippen LogP contribution in [0.4, 0.5) is 0 Å². The molecule has 0 amide bonds. The maximum atomic E-state index is 5.43. The van der Waals surface area contributed by atoms with Crippen molar-refractivity contribution in [1.29, 1.82) is 0 Å². The van der Waals surface area contributed by atoms with Crippen LogP contribution >= 0.6 is 0 Å². The average Bonchev–Trinajstić information content (AvgIpc) is 2.48. The van der Waals surface area contributed by atoms with Gasteiger partial charge in [0.15, 0.2) is 0 Å². The van der Waals surface area contributed by atoms with E-state index in [1.54, 1.807) is 0 Å². The van der Waals surface area contributed by atoms with E-state index in [1.165, 1.54) is 24.0 Å². The van der Waals surface area contributed by atoms with Crippen LogP contribution in [-0.4, -0.2) is 44.8 Å². The fourth-order valence-electron chi connectivity index (χ4n) is 2.51. The van der Waals surface area contributed by atoms with Crippen LogP contribution < -0.4 is 5.32 Å².